The molecule has 1 fully saturated rings. The Bertz CT molecular complexity index is 1080. The Morgan fingerprint density at radius 2 is 2.00 bits per heavy atom. The highest BCUT2D eigenvalue weighted by atomic mass is 32.2. The van der Waals surface area contributed by atoms with Crippen LogP contribution in [-0.2, 0) is 11.2 Å². The summed E-state index contributed by atoms with van der Waals surface area (Å²) in [6, 6.07) is 2.08. The van der Waals surface area contributed by atoms with E-state index in [4.69, 9.17) is 0 Å². The lowest BCUT2D eigenvalue weighted by molar-refractivity contribution is -0.109. The van der Waals surface area contributed by atoms with E-state index in [1.165, 1.54) is 0 Å². The smallest absolute Gasteiger partial charge is 0.291 e. The van der Waals surface area contributed by atoms with Gasteiger partial charge in [0.1, 0.15) is 11.3 Å². The molecule has 0 bridgehead atoms. The largest absolute Gasteiger partial charge is 0.359 e. The number of amides is 1. The van der Waals surface area contributed by atoms with Gasteiger partial charge in [-0.1, -0.05) is 11.3 Å². The molecule has 1 saturated carbocycles. The van der Waals surface area contributed by atoms with Crippen LogP contribution in [0.1, 0.15) is 43.2 Å². The van der Waals surface area contributed by atoms with E-state index >= 15 is 0 Å². The molecule has 1 amide bonds. The van der Waals surface area contributed by atoms with Gasteiger partial charge in [-0.3, -0.25) is 13.9 Å². The molecule has 4 rings (SSSR count). The third-order valence-corrected chi connectivity index (χ3v) is 6.78. The number of halogens is 2. The zero-order valence-electron chi connectivity index (χ0n) is 20.6. The van der Waals surface area contributed by atoms with Gasteiger partial charge in [0.25, 0.3) is 6.43 Å². The highest BCUT2D eigenvalue weighted by molar-refractivity contribution is 7.97. The number of carbonyl (C=O) groups excluding carboxylic acids is 1. The van der Waals surface area contributed by atoms with Crippen LogP contribution in [0.15, 0.2) is 36.5 Å². The third kappa shape index (κ3) is 8.64. The van der Waals surface area contributed by atoms with Gasteiger partial charge >= 0.3 is 0 Å². The molecule has 1 aliphatic carbocycles. The summed E-state index contributed by atoms with van der Waals surface area (Å²) in [7, 11) is 6.00. The topological polar surface area (TPSA) is 87.4 Å². The number of hydrogen-bond acceptors (Lipinski definition) is 8. The van der Waals surface area contributed by atoms with Crippen molar-refractivity contribution in [3.8, 4) is 10.7 Å². The SMILES string of the molecule is C=C.CC1(NSc2cc(CCCNC=O)c3ncc(-c4nnc(C(F)F)s4)n3c2)CC1.CN(C)C. The average molecular weight is 526 g/mol. The molecule has 3 aromatic heterocycles. The lowest BCUT2D eigenvalue weighted by atomic mass is 10.1. The van der Waals surface area contributed by atoms with Crippen molar-refractivity contribution in [2.75, 3.05) is 27.7 Å². The Morgan fingerprint density at radius 1 is 1.31 bits per heavy atom. The van der Waals surface area contributed by atoms with Gasteiger partial charge in [-0.05, 0) is 77.3 Å². The first-order valence-electron chi connectivity index (χ1n) is 11.1. The maximum absolute atomic E-state index is 12.9. The summed E-state index contributed by atoms with van der Waals surface area (Å²) in [6.07, 6.45) is 5.41. The van der Waals surface area contributed by atoms with Crippen LogP contribution in [0.2, 0.25) is 0 Å². The van der Waals surface area contributed by atoms with Crippen molar-refractivity contribution in [1.29, 1.82) is 0 Å². The molecule has 0 unspecified atom stereocenters. The second kappa shape index (κ2) is 13.6. The molecule has 0 spiro atoms. The number of imidazole rings is 1. The number of rotatable bonds is 10. The van der Waals surface area contributed by atoms with E-state index in [0.717, 1.165) is 53.1 Å². The number of nitrogens with zero attached hydrogens (tertiary/aromatic N) is 5. The Kier molecular flexibility index (Phi) is 11.2. The maximum atomic E-state index is 12.9. The molecule has 8 nitrogen and oxygen atoms in total. The quantitative estimate of drug-likeness (QED) is 0.173. The van der Waals surface area contributed by atoms with Crippen molar-refractivity contribution in [2.24, 2.45) is 0 Å². The monoisotopic (exact) mass is 525 g/mol. The van der Waals surface area contributed by atoms with E-state index in [1.807, 2.05) is 36.6 Å². The van der Waals surface area contributed by atoms with Crippen LogP contribution in [-0.4, -0.2) is 64.1 Å². The molecular formula is C23H33F2N7OS2. The standard InChI is InChI=1S/C18H20F2N6OS2.C3H9N.C2H4/c1-18(4-5-18)25-29-12-7-11(3-2-6-21-10-27)15-22-8-13(26(15)9-12)16-23-24-17(28-16)14(19)20;1-4(2)3;1-2/h7-10,14,25H,2-6H2,1H3,(H,21,27);1-3H3;1-2H2. The normalized spacial score (nSPS) is 13.7. The van der Waals surface area contributed by atoms with Gasteiger partial charge in [0.05, 0.1) is 6.20 Å². The van der Waals surface area contributed by atoms with Crippen LogP contribution >= 0.6 is 23.3 Å². The van der Waals surface area contributed by atoms with Gasteiger partial charge < -0.3 is 10.2 Å². The highest BCUT2D eigenvalue weighted by Gasteiger charge is 2.37. The van der Waals surface area contributed by atoms with Crippen LogP contribution in [0.25, 0.3) is 16.3 Å². The second-order valence-electron chi connectivity index (χ2n) is 8.57. The van der Waals surface area contributed by atoms with Crippen molar-refractivity contribution in [2.45, 2.75) is 49.5 Å². The summed E-state index contributed by atoms with van der Waals surface area (Å²) in [5.74, 6) is 0. The van der Waals surface area contributed by atoms with E-state index in [0.29, 0.717) is 23.7 Å². The van der Waals surface area contributed by atoms with Crippen molar-refractivity contribution >= 4 is 35.3 Å². The molecule has 0 aromatic carbocycles. The van der Waals surface area contributed by atoms with Crippen LogP contribution in [0, 0.1) is 0 Å². The van der Waals surface area contributed by atoms with Crippen LogP contribution in [0.3, 0.4) is 0 Å². The van der Waals surface area contributed by atoms with E-state index in [-0.39, 0.29) is 10.5 Å². The minimum absolute atomic E-state index is 0.164. The number of fused-ring (bicyclic) bond motifs is 1. The number of carbonyl (C=O) groups is 1. The fraction of sp³-hybridized carbons (Fsp3) is 0.478. The zero-order chi connectivity index (χ0) is 26.0. The number of pyridine rings is 1. The average Bonchev–Trinajstić information content (AvgIpc) is 3.20. The summed E-state index contributed by atoms with van der Waals surface area (Å²) in [6.45, 7) is 8.76. The van der Waals surface area contributed by atoms with Gasteiger partial charge in [-0.15, -0.1) is 23.4 Å². The Hall–Kier alpha value is -2.41. The molecule has 0 radical (unpaired) electrons. The predicted molar refractivity (Wildman–Crippen MR) is 139 cm³/mol. The molecule has 0 saturated heterocycles. The van der Waals surface area contributed by atoms with Gasteiger partial charge in [-0.25, -0.2) is 13.8 Å². The first-order chi connectivity index (χ1) is 16.7. The zero-order valence-corrected chi connectivity index (χ0v) is 22.2. The molecule has 3 aromatic rings. The first kappa shape index (κ1) is 28.8. The van der Waals surface area contributed by atoms with Gasteiger partial charge in [-0.2, -0.15) is 0 Å². The Balaban J connectivity index is 0.000000655. The van der Waals surface area contributed by atoms with Crippen molar-refractivity contribution in [3.05, 3.63) is 42.2 Å². The molecule has 0 atom stereocenters. The molecule has 12 heteroatoms. The summed E-state index contributed by atoms with van der Waals surface area (Å²) in [5, 5.41) is 10.3. The van der Waals surface area contributed by atoms with Crippen LogP contribution in [0.5, 0.6) is 0 Å². The summed E-state index contributed by atoms with van der Waals surface area (Å²) < 4.78 is 31.2. The van der Waals surface area contributed by atoms with Crippen LogP contribution in [0.4, 0.5) is 8.78 Å². The third-order valence-electron chi connectivity index (χ3n) is 4.77. The maximum Gasteiger partial charge on any atom is 0.291 e. The van der Waals surface area contributed by atoms with Gasteiger partial charge in [0.15, 0.2) is 10.0 Å². The van der Waals surface area contributed by atoms with Crippen LogP contribution < -0.4 is 10.0 Å². The Morgan fingerprint density at radius 3 is 2.57 bits per heavy atom. The van der Waals surface area contributed by atoms with Crippen molar-refractivity contribution in [3.63, 3.8) is 0 Å². The molecule has 3 heterocycles. The van der Waals surface area contributed by atoms with E-state index in [1.54, 1.807) is 18.1 Å². The highest BCUT2D eigenvalue weighted by Crippen LogP contribution is 2.38. The lowest BCUT2D eigenvalue weighted by Crippen LogP contribution is -2.20. The number of nitrogens with one attached hydrogen (secondary N) is 2. The fourth-order valence-electron chi connectivity index (χ4n) is 2.87. The molecular weight excluding hydrogens is 492 g/mol. The van der Waals surface area contributed by atoms with Gasteiger partial charge in [0, 0.05) is 23.2 Å². The fourth-order valence-corrected chi connectivity index (χ4v) is 4.50. The number of hydrogen-bond donors (Lipinski definition) is 2. The molecule has 0 aliphatic heterocycles. The number of alkyl halides is 2. The Labute approximate surface area is 213 Å². The van der Waals surface area contributed by atoms with E-state index < -0.39 is 6.43 Å². The first-order valence-corrected chi connectivity index (χ1v) is 12.7. The van der Waals surface area contributed by atoms with E-state index in [9.17, 15) is 13.6 Å². The summed E-state index contributed by atoms with van der Waals surface area (Å²) in [4.78, 5) is 18.0. The van der Waals surface area contributed by atoms with Gasteiger partial charge in [0.2, 0.25) is 6.41 Å². The molecule has 192 valence electrons. The second-order valence-corrected chi connectivity index (χ2v) is 10.5. The minimum Gasteiger partial charge on any atom is -0.359 e. The minimum atomic E-state index is -2.64. The molecule has 1 aliphatic rings. The van der Waals surface area contributed by atoms with Crippen molar-refractivity contribution in [1.82, 2.24) is 34.5 Å². The lowest BCUT2D eigenvalue weighted by Gasteiger charge is -2.13. The molecule has 35 heavy (non-hydrogen) atoms. The number of aromatic nitrogens is 4. The summed E-state index contributed by atoms with van der Waals surface area (Å²) >= 11 is 2.43. The predicted octanol–water partition coefficient (Wildman–Crippen LogP) is 4.60. The van der Waals surface area contributed by atoms with Crippen molar-refractivity contribution < 1.29 is 13.6 Å². The molecule has 2 N–H and O–H groups in total. The summed E-state index contributed by atoms with van der Waals surface area (Å²) in [5.41, 5.74) is 2.57. The van der Waals surface area contributed by atoms with E-state index in [2.05, 4.69) is 51.4 Å². The number of aryl methyl sites for hydroxylation is 1.